The van der Waals surface area contributed by atoms with Crippen LogP contribution in [0.25, 0.3) is 5.65 Å². The summed E-state index contributed by atoms with van der Waals surface area (Å²) in [6.07, 6.45) is 1.66. The molecule has 6 nitrogen and oxygen atoms in total. The molecular formula is C16H13Cl3N4O2S. The zero-order valence-corrected chi connectivity index (χ0v) is 16.4. The minimum absolute atomic E-state index is 0.139. The van der Waals surface area contributed by atoms with Crippen molar-refractivity contribution >= 4 is 58.1 Å². The number of hydrogen-bond donors (Lipinski definition) is 1. The number of halogens is 3. The Kier molecular flexibility index (Phi) is 6.48. The van der Waals surface area contributed by atoms with E-state index in [0.29, 0.717) is 44.8 Å². The summed E-state index contributed by atoms with van der Waals surface area (Å²) in [4.78, 5) is 11.9. The molecule has 0 radical (unpaired) electrons. The van der Waals surface area contributed by atoms with Crippen LogP contribution >= 0.6 is 46.6 Å². The van der Waals surface area contributed by atoms with Gasteiger partial charge in [0.1, 0.15) is 12.4 Å². The molecule has 136 valence electrons. The third-order valence-corrected chi connectivity index (χ3v) is 4.91. The summed E-state index contributed by atoms with van der Waals surface area (Å²) >= 11 is 19.1. The second kappa shape index (κ2) is 8.81. The lowest BCUT2D eigenvalue weighted by Gasteiger charge is -2.07. The van der Waals surface area contributed by atoms with Crippen LogP contribution in [0, 0.1) is 0 Å². The molecule has 1 N–H and O–H groups in total. The Hall–Kier alpha value is -1.67. The summed E-state index contributed by atoms with van der Waals surface area (Å²) in [5.74, 6) is 0.743. The van der Waals surface area contributed by atoms with E-state index >= 15 is 0 Å². The van der Waals surface area contributed by atoms with E-state index in [1.807, 2.05) is 0 Å². The molecule has 0 fully saturated rings. The summed E-state index contributed by atoms with van der Waals surface area (Å²) in [5.41, 5.74) is 0.496. The Bertz CT molecular complexity index is 918. The number of carbonyl (C=O) groups excluding carboxylic acids is 1. The van der Waals surface area contributed by atoms with Crippen molar-refractivity contribution in [1.82, 2.24) is 19.9 Å². The van der Waals surface area contributed by atoms with Gasteiger partial charge in [-0.05, 0) is 30.3 Å². The number of pyridine rings is 1. The molecule has 2 heterocycles. The van der Waals surface area contributed by atoms with Gasteiger partial charge in [0.25, 0.3) is 0 Å². The monoisotopic (exact) mass is 430 g/mol. The van der Waals surface area contributed by atoms with Crippen LogP contribution in [-0.2, 0) is 4.79 Å². The first-order chi connectivity index (χ1) is 12.5. The van der Waals surface area contributed by atoms with Gasteiger partial charge in [-0.15, -0.1) is 10.2 Å². The predicted molar refractivity (Wildman–Crippen MR) is 104 cm³/mol. The molecule has 0 spiro atoms. The quantitative estimate of drug-likeness (QED) is 0.453. The lowest BCUT2D eigenvalue weighted by Crippen LogP contribution is -2.29. The van der Waals surface area contributed by atoms with Gasteiger partial charge in [-0.1, -0.05) is 46.6 Å². The molecule has 0 aliphatic rings. The second-order valence-electron chi connectivity index (χ2n) is 5.12. The van der Waals surface area contributed by atoms with Crippen LogP contribution in [0.5, 0.6) is 5.75 Å². The Morgan fingerprint density at radius 3 is 2.69 bits per heavy atom. The van der Waals surface area contributed by atoms with Crippen molar-refractivity contribution in [1.29, 1.82) is 0 Å². The molecule has 2 aromatic heterocycles. The van der Waals surface area contributed by atoms with Gasteiger partial charge < -0.3 is 10.1 Å². The van der Waals surface area contributed by atoms with Crippen molar-refractivity contribution in [3.05, 3.63) is 51.6 Å². The first-order valence-corrected chi connectivity index (χ1v) is 9.62. The van der Waals surface area contributed by atoms with E-state index in [1.165, 1.54) is 11.8 Å². The zero-order chi connectivity index (χ0) is 18.5. The summed E-state index contributed by atoms with van der Waals surface area (Å²) in [6.45, 7) is 0.747. The summed E-state index contributed by atoms with van der Waals surface area (Å²) in [6, 6.07) is 8.62. The van der Waals surface area contributed by atoms with Gasteiger partial charge in [0.15, 0.2) is 10.8 Å². The Balaban J connectivity index is 1.45. The van der Waals surface area contributed by atoms with Crippen LogP contribution < -0.4 is 10.1 Å². The van der Waals surface area contributed by atoms with Gasteiger partial charge >= 0.3 is 0 Å². The van der Waals surface area contributed by atoms with E-state index in [0.717, 1.165) is 0 Å². The lowest BCUT2D eigenvalue weighted by molar-refractivity contribution is -0.118. The molecule has 1 aromatic carbocycles. The van der Waals surface area contributed by atoms with Crippen molar-refractivity contribution in [3.63, 3.8) is 0 Å². The molecule has 0 atom stereocenters. The fraction of sp³-hybridized carbons (Fsp3) is 0.188. The normalized spacial score (nSPS) is 10.9. The highest BCUT2D eigenvalue weighted by Crippen LogP contribution is 2.25. The van der Waals surface area contributed by atoms with Crippen molar-refractivity contribution in [2.45, 2.75) is 5.16 Å². The van der Waals surface area contributed by atoms with Gasteiger partial charge in [-0.3, -0.25) is 9.20 Å². The van der Waals surface area contributed by atoms with E-state index in [1.54, 1.807) is 40.9 Å². The number of nitrogens with one attached hydrogen (secondary N) is 1. The van der Waals surface area contributed by atoms with E-state index in [9.17, 15) is 4.79 Å². The van der Waals surface area contributed by atoms with Crippen LogP contribution in [-0.4, -0.2) is 39.4 Å². The number of thioether (sulfide) groups is 1. The number of rotatable bonds is 7. The number of hydrogen-bond acceptors (Lipinski definition) is 5. The minimum Gasteiger partial charge on any atom is -0.492 e. The number of amides is 1. The molecule has 1 amide bonds. The molecule has 26 heavy (non-hydrogen) atoms. The maximum absolute atomic E-state index is 11.9. The van der Waals surface area contributed by atoms with Crippen LogP contribution in [0.15, 0.2) is 41.7 Å². The molecule has 0 saturated carbocycles. The fourth-order valence-corrected chi connectivity index (χ4v) is 3.45. The maximum atomic E-state index is 11.9. The van der Waals surface area contributed by atoms with Crippen LogP contribution in [0.3, 0.4) is 0 Å². The zero-order valence-electron chi connectivity index (χ0n) is 13.3. The number of benzene rings is 1. The highest BCUT2D eigenvalue weighted by Gasteiger charge is 2.12. The SMILES string of the molecule is O=C(CSc1nnc2c(Cl)cc(Cl)cn12)NCCOc1ccc(Cl)cc1. The van der Waals surface area contributed by atoms with Crippen molar-refractivity contribution in [3.8, 4) is 5.75 Å². The number of carbonyl (C=O) groups is 1. The Labute approximate surface area is 168 Å². The molecule has 3 rings (SSSR count). The Morgan fingerprint density at radius 1 is 1.15 bits per heavy atom. The van der Waals surface area contributed by atoms with Crippen LogP contribution in [0.2, 0.25) is 15.1 Å². The van der Waals surface area contributed by atoms with Crippen molar-refractivity contribution < 1.29 is 9.53 Å². The van der Waals surface area contributed by atoms with E-state index in [2.05, 4.69) is 15.5 Å². The highest BCUT2D eigenvalue weighted by atomic mass is 35.5. The van der Waals surface area contributed by atoms with Crippen molar-refractivity contribution in [2.24, 2.45) is 0 Å². The third-order valence-electron chi connectivity index (χ3n) is 3.23. The third kappa shape index (κ3) is 4.94. The molecule has 0 bridgehead atoms. The Morgan fingerprint density at radius 2 is 1.92 bits per heavy atom. The van der Waals surface area contributed by atoms with Crippen LogP contribution in [0.4, 0.5) is 0 Å². The fourth-order valence-electron chi connectivity index (χ4n) is 2.07. The van der Waals surface area contributed by atoms with Gasteiger partial charge in [0.2, 0.25) is 5.91 Å². The minimum atomic E-state index is -0.139. The number of aromatic nitrogens is 3. The van der Waals surface area contributed by atoms with Gasteiger partial charge in [0, 0.05) is 11.2 Å². The van der Waals surface area contributed by atoms with Crippen molar-refractivity contribution in [2.75, 3.05) is 18.9 Å². The lowest BCUT2D eigenvalue weighted by atomic mass is 10.3. The first-order valence-electron chi connectivity index (χ1n) is 7.50. The largest absolute Gasteiger partial charge is 0.492 e. The number of nitrogens with zero attached hydrogens (tertiary/aromatic N) is 3. The number of fused-ring (bicyclic) bond motifs is 1. The second-order valence-corrected chi connectivity index (χ2v) is 7.35. The standard InChI is InChI=1S/C16H13Cl3N4O2S/c17-10-1-3-12(4-2-10)25-6-5-20-14(24)9-26-16-22-21-15-13(19)7-11(18)8-23(15)16/h1-4,7-8H,5-6,9H2,(H,20,24). The molecule has 3 aromatic rings. The van der Waals surface area contributed by atoms with Gasteiger partial charge in [0.05, 0.1) is 22.3 Å². The molecule has 0 aliphatic carbocycles. The molecule has 0 unspecified atom stereocenters. The summed E-state index contributed by atoms with van der Waals surface area (Å²) < 4.78 is 7.17. The highest BCUT2D eigenvalue weighted by molar-refractivity contribution is 7.99. The molecule has 0 saturated heterocycles. The van der Waals surface area contributed by atoms with Gasteiger partial charge in [-0.2, -0.15) is 0 Å². The van der Waals surface area contributed by atoms with E-state index in [4.69, 9.17) is 39.5 Å². The maximum Gasteiger partial charge on any atom is 0.230 e. The molecule has 10 heteroatoms. The van der Waals surface area contributed by atoms with Gasteiger partial charge in [-0.25, -0.2) is 0 Å². The molecular weight excluding hydrogens is 419 g/mol. The number of ether oxygens (including phenoxy) is 1. The predicted octanol–water partition coefficient (Wildman–Crippen LogP) is 3.98. The van der Waals surface area contributed by atoms with E-state index < -0.39 is 0 Å². The topological polar surface area (TPSA) is 68.5 Å². The molecule has 0 aliphatic heterocycles. The van der Waals surface area contributed by atoms with E-state index in [-0.39, 0.29) is 11.7 Å². The average molecular weight is 432 g/mol. The summed E-state index contributed by atoms with van der Waals surface area (Å²) in [5, 5.41) is 12.9. The van der Waals surface area contributed by atoms with Crippen LogP contribution in [0.1, 0.15) is 0 Å². The summed E-state index contributed by atoms with van der Waals surface area (Å²) in [7, 11) is 0. The first kappa shape index (κ1) is 19.1. The average Bonchev–Trinajstić information content (AvgIpc) is 3.01. The smallest absolute Gasteiger partial charge is 0.230 e.